The van der Waals surface area contributed by atoms with Crippen LogP contribution >= 0.6 is 35.3 Å². The van der Waals surface area contributed by atoms with Crippen molar-refractivity contribution in [2.24, 2.45) is 10.9 Å². The predicted octanol–water partition coefficient (Wildman–Crippen LogP) is 2.29. The van der Waals surface area contributed by atoms with Crippen LogP contribution < -0.4 is 10.6 Å². The molecule has 2 N–H and O–H groups in total. The van der Waals surface area contributed by atoms with Crippen LogP contribution in [0.2, 0.25) is 0 Å². The van der Waals surface area contributed by atoms with E-state index < -0.39 is 0 Å². The highest BCUT2D eigenvalue weighted by Gasteiger charge is 2.22. The Bertz CT molecular complexity index is 555. The van der Waals surface area contributed by atoms with Crippen molar-refractivity contribution in [3.05, 3.63) is 16.1 Å². The van der Waals surface area contributed by atoms with E-state index >= 15 is 0 Å². The number of nitrogens with zero attached hydrogens (tertiary/aromatic N) is 3. The number of likely N-dealkylation sites (tertiary alicyclic amines) is 1. The van der Waals surface area contributed by atoms with Crippen molar-refractivity contribution in [2.45, 2.75) is 39.0 Å². The second kappa shape index (κ2) is 11.7. The summed E-state index contributed by atoms with van der Waals surface area (Å²) in [5.74, 6) is 1.59. The van der Waals surface area contributed by atoms with Gasteiger partial charge in [0.2, 0.25) is 5.91 Å². The second-order valence-electron chi connectivity index (χ2n) is 6.12. The molecule has 1 aromatic rings. The number of nitrogens with one attached hydrogen (secondary N) is 2. The Kier molecular flexibility index (Phi) is 10.3. The number of aliphatic imine (C=N–C) groups is 1. The number of rotatable bonds is 6. The number of aromatic nitrogens is 1. The Balaban J connectivity index is 0.00000312. The number of hydrogen-bond donors (Lipinski definition) is 2. The summed E-state index contributed by atoms with van der Waals surface area (Å²) < 4.78 is 0. The van der Waals surface area contributed by atoms with Gasteiger partial charge < -0.3 is 15.5 Å². The Hall–Kier alpha value is -0.900. The van der Waals surface area contributed by atoms with E-state index in [1.54, 1.807) is 18.4 Å². The number of aryl methyl sites for hydroxylation is 1. The molecule has 1 saturated heterocycles. The Morgan fingerprint density at radius 3 is 2.72 bits per heavy atom. The van der Waals surface area contributed by atoms with Crippen molar-refractivity contribution in [2.75, 3.05) is 33.7 Å². The number of carbonyl (C=O) groups is 1. The fourth-order valence-electron chi connectivity index (χ4n) is 2.97. The maximum absolute atomic E-state index is 11.5. The van der Waals surface area contributed by atoms with Crippen molar-refractivity contribution in [3.8, 4) is 0 Å². The summed E-state index contributed by atoms with van der Waals surface area (Å²) in [5.41, 5.74) is 1.16. The highest BCUT2D eigenvalue weighted by Crippen LogP contribution is 2.20. The molecule has 0 aromatic carbocycles. The zero-order chi connectivity index (χ0) is 17.4. The molecule has 6 nitrogen and oxygen atoms in total. The molecule has 25 heavy (non-hydrogen) atoms. The first-order chi connectivity index (χ1) is 11.7. The average Bonchev–Trinajstić information content (AvgIpc) is 3.07. The van der Waals surface area contributed by atoms with E-state index in [0.29, 0.717) is 12.3 Å². The van der Waals surface area contributed by atoms with Gasteiger partial charge >= 0.3 is 0 Å². The van der Waals surface area contributed by atoms with Crippen molar-refractivity contribution >= 4 is 47.2 Å². The number of guanidine groups is 1. The van der Waals surface area contributed by atoms with Crippen molar-refractivity contribution in [1.29, 1.82) is 0 Å². The summed E-state index contributed by atoms with van der Waals surface area (Å²) in [7, 11) is 3.53. The summed E-state index contributed by atoms with van der Waals surface area (Å²) in [6.45, 7) is 4.89. The molecule has 0 aliphatic carbocycles. The van der Waals surface area contributed by atoms with Crippen LogP contribution in [0.4, 0.5) is 0 Å². The standard InChI is InChI=1S/C17H29N5OS.HI/c1-4-16-21-14(12-24-16)5-8-20-17(19-3)22-9-6-13(7-10-22)11-15(23)18-2;/h12-13H,4-11H2,1-3H3,(H,18,23)(H,19,20);1H. The topological polar surface area (TPSA) is 69.6 Å². The molecule has 1 aliphatic rings. The van der Waals surface area contributed by atoms with Crippen LogP contribution in [0.1, 0.15) is 36.9 Å². The first kappa shape index (κ1) is 22.1. The van der Waals surface area contributed by atoms with Gasteiger partial charge in [0.15, 0.2) is 5.96 Å². The minimum absolute atomic E-state index is 0. The molecule has 8 heteroatoms. The van der Waals surface area contributed by atoms with Crippen LogP contribution in [0.5, 0.6) is 0 Å². The third-order valence-corrected chi connectivity index (χ3v) is 5.49. The zero-order valence-corrected chi connectivity index (χ0v) is 18.5. The van der Waals surface area contributed by atoms with Gasteiger partial charge in [-0.2, -0.15) is 0 Å². The zero-order valence-electron chi connectivity index (χ0n) is 15.4. The van der Waals surface area contributed by atoms with Crippen molar-refractivity contribution in [1.82, 2.24) is 20.5 Å². The van der Waals surface area contributed by atoms with Gasteiger partial charge in [-0.25, -0.2) is 4.98 Å². The minimum atomic E-state index is 0. The summed E-state index contributed by atoms with van der Waals surface area (Å²) in [5, 5.41) is 9.50. The first-order valence-corrected chi connectivity index (χ1v) is 9.63. The molecule has 1 aliphatic heterocycles. The molecule has 0 saturated carbocycles. The third-order valence-electron chi connectivity index (χ3n) is 4.44. The number of carbonyl (C=O) groups excluding carboxylic acids is 1. The molecule has 2 heterocycles. The molecule has 0 spiro atoms. The molecular weight excluding hydrogens is 449 g/mol. The fourth-order valence-corrected chi connectivity index (χ4v) is 3.75. The average molecular weight is 479 g/mol. The van der Waals surface area contributed by atoms with Gasteiger partial charge in [-0.1, -0.05) is 6.92 Å². The van der Waals surface area contributed by atoms with E-state index in [9.17, 15) is 4.79 Å². The number of halogens is 1. The molecule has 2 rings (SSSR count). The summed E-state index contributed by atoms with van der Waals surface area (Å²) >= 11 is 1.74. The van der Waals surface area contributed by atoms with Crippen LogP contribution in [0.3, 0.4) is 0 Å². The van der Waals surface area contributed by atoms with Gasteiger partial charge in [0.25, 0.3) is 0 Å². The van der Waals surface area contributed by atoms with Crippen LogP contribution in [-0.2, 0) is 17.6 Å². The summed E-state index contributed by atoms with van der Waals surface area (Å²) in [6, 6.07) is 0. The van der Waals surface area contributed by atoms with Gasteiger partial charge in [-0.05, 0) is 25.2 Å². The molecule has 1 fully saturated rings. The quantitative estimate of drug-likeness (QED) is 0.373. The lowest BCUT2D eigenvalue weighted by Crippen LogP contribution is -2.46. The van der Waals surface area contributed by atoms with Crippen LogP contribution in [0.25, 0.3) is 0 Å². The minimum Gasteiger partial charge on any atom is -0.359 e. The molecule has 0 atom stereocenters. The predicted molar refractivity (Wildman–Crippen MR) is 115 cm³/mol. The number of amides is 1. The van der Waals surface area contributed by atoms with Gasteiger partial charge in [0, 0.05) is 52.0 Å². The smallest absolute Gasteiger partial charge is 0.220 e. The largest absolute Gasteiger partial charge is 0.359 e. The van der Waals surface area contributed by atoms with Gasteiger partial charge in [0.1, 0.15) is 0 Å². The monoisotopic (exact) mass is 479 g/mol. The number of hydrogen-bond acceptors (Lipinski definition) is 4. The Morgan fingerprint density at radius 1 is 1.44 bits per heavy atom. The van der Waals surface area contributed by atoms with E-state index in [2.05, 4.69) is 37.8 Å². The van der Waals surface area contributed by atoms with Crippen LogP contribution in [0.15, 0.2) is 10.4 Å². The number of thiazole rings is 1. The van der Waals surface area contributed by atoms with E-state index in [0.717, 1.165) is 57.0 Å². The lowest BCUT2D eigenvalue weighted by Gasteiger charge is -2.34. The SMILES string of the molecule is CCc1nc(CCNC(=NC)N2CCC(CC(=O)NC)CC2)cs1.I. The number of piperidine rings is 1. The first-order valence-electron chi connectivity index (χ1n) is 8.75. The maximum atomic E-state index is 11.5. The highest BCUT2D eigenvalue weighted by atomic mass is 127. The molecule has 0 radical (unpaired) electrons. The molecule has 0 unspecified atom stereocenters. The summed E-state index contributed by atoms with van der Waals surface area (Å²) in [6.07, 6.45) is 4.65. The second-order valence-corrected chi connectivity index (χ2v) is 7.06. The van der Waals surface area contributed by atoms with Gasteiger partial charge in [0.05, 0.1) is 10.7 Å². The van der Waals surface area contributed by atoms with Crippen molar-refractivity contribution < 1.29 is 4.79 Å². The van der Waals surface area contributed by atoms with E-state index in [4.69, 9.17) is 0 Å². The van der Waals surface area contributed by atoms with E-state index in [-0.39, 0.29) is 29.9 Å². The normalized spacial score (nSPS) is 15.6. The molecule has 0 bridgehead atoms. The highest BCUT2D eigenvalue weighted by molar-refractivity contribution is 14.0. The molecular formula is C17H30IN5OS. The van der Waals surface area contributed by atoms with Crippen LogP contribution in [0, 0.1) is 5.92 Å². The van der Waals surface area contributed by atoms with Crippen molar-refractivity contribution in [3.63, 3.8) is 0 Å². The van der Waals surface area contributed by atoms with E-state index in [1.807, 2.05) is 7.05 Å². The maximum Gasteiger partial charge on any atom is 0.220 e. The lowest BCUT2D eigenvalue weighted by molar-refractivity contribution is -0.121. The third kappa shape index (κ3) is 7.08. The summed E-state index contributed by atoms with van der Waals surface area (Å²) in [4.78, 5) is 22.8. The Morgan fingerprint density at radius 2 is 2.16 bits per heavy atom. The van der Waals surface area contributed by atoms with Gasteiger partial charge in [-0.15, -0.1) is 35.3 Å². The molecule has 142 valence electrons. The Labute approximate surface area is 171 Å². The fraction of sp³-hybridized carbons (Fsp3) is 0.706. The van der Waals surface area contributed by atoms with Gasteiger partial charge in [-0.3, -0.25) is 9.79 Å². The molecule has 1 amide bonds. The van der Waals surface area contributed by atoms with Crippen LogP contribution in [-0.4, -0.2) is 55.5 Å². The molecule has 1 aromatic heterocycles. The lowest BCUT2D eigenvalue weighted by atomic mass is 9.93. The van der Waals surface area contributed by atoms with E-state index in [1.165, 1.54) is 5.01 Å².